The minimum Gasteiger partial charge on any atom is -0.364 e. The Morgan fingerprint density at radius 1 is 1.25 bits per heavy atom. The van der Waals surface area contributed by atoms with Gasteiger partial charge in [0.05, 0.1) is 0 Å². The van der Waals surface area contributed by atoms with Gasteiger partial charge in [0.25, 0.3) is 5.91 Å². The van der Waals surface area contributed by atoms with Gasteiger partial charge < -0.3 is 5.73 Å². The van der Waals surface area contributed by atoms with E-state index in [4.69, 9.17) is 5.73 Å². The number of carbonyl (C=O) groups is 1. The van der Waals surface area contributed by atoms with Crippen LogP contribution < -0.4 is 5.73 Å². The molecular weight excluding hydrogens is 202 g/mol. The average molecular weight is 213 g/mol. The van der Waals surface area contributed by atoms with Gasteiger partial charge in [-0.2, -0.15) is 0 Å². The minimum absolute atomic E-state index is 0.293. The largest absolute Gasteiger partial charge is 0.364 e. The van der Waals surface area contributed by atoms with Crippen LogP contribution in [0.5, 0.6) is 0 Å². The van der Waals surface area contributed by atoms with E-state index in [1.807, 2.05) is 18.2 Å². The summed E-state index contributed by atoms with van der Waals surface area (Å²) in [6, 6.07) is 7.43. The van der Waals surface area contributed by atoms with Crippen LogP contribution in [0.2, 0.25) is 0 Å². The van der Waals surface area contributed by atoms with Crippen LogP contribution in [0, 0.1) is 0 Å². The summed E-state index contributed by atoms with van der Waals surface area (Å²) in [6.45, 7) is 0. The van der Waals surface area contributed by atoms with Gasteiger partial charge in [0, 0.05) is 18.6 Å². The summed E-state index contributed by atoms with van der Waals surface area (Å²) in [5.41, 5.74) is 7.54. The first-order valence-electron chi connectivity index (χ1n) is 4.89. The highest BCUT2D eigenvalue weighted by Crippen LogP contribution is 2.08. The molecule has 2 heterocycles. The molecule has 0 saturated heterocycles. The van der Waals surface area contributed by atoms with E-state index in [1.165, 1.54) is 0 Å². The van der Waals surface area contributed by atoms with Crippen molar-refractivity contribution in [3.8, 4) is 0 Å². The fraction of sp³-hybridized carbons (Fsp3) is 0.0833. The number of amides is 1. The van der Waals surface area contributed by atoms with Crippen molar-refractivity contribution >= 4 is 5.91 Å². The van der Waals surface area contributed by atoms with Gasteiger partial charge in [0.1, 0.15) is 5.69 Å². The zero-order valence-corrected chi connectivity index (χ0v) is 8.63. The van der Waals surface area contributed by atoms with E-state index in [1.54, 1.807) is 24.7 Å². The molecular formula is C12H11N3O. The molecule has 0 aliphatic carbocycles. The van der Waals surface area contributed by atoms with E-state index >= 15 is 0 Å². The van der Waals surface area contributed by atoms with Gasteiger partial charge >= 0.3 is 0 Å². The quantitative estimate of drug-likeness (QED) is 0.832. The Morgan fingerprint density at radius 3 is 2.81 bits per heavy atom. The fourth-order valence-corrected chi connectivity index (χ4v) is 1.46. The van der Waals surface area contributed by atoms with Crippen LogP contribution >= 0.6 is 0 Å². The number of nitrogens with zero attached hydrogens (tertiary/aromatic N) is 2. The number of nitrogens with two attached hydrogens (primary N) is 1. The maximum atomic E-state index is 11.0. The summed E-state index contributed by atoms with van der Waals surface area (Å²) >= 11 is 0. The molecule has 2 N–H and O–H groups in total. The Kier molecular flexibility index (Phi) is 2.91. The van der Waals surface area contributed by atoms with Crippen molar-refractivity contribution in [2.24, 2.45) is 5.73 Å². The zero-order chi connectivity index (χ0) is 11.4. The first kappa shape index (κ1) is 10.3. The number of carbonyl (C=O) groups excluding carboxylic acids is 1. The molecule has 0 aliphatic rings. The highest BCUT2D eigenvalue weighted by molar-refractivity contribution is 5.90. The maximum Gasteiger partial charge on any atom is 0.267 e. The molecule has 0 radical (unpaired) electrons. The van der Waals surface area contributed by atoms with Crippen molar-refractivity contribution in [1.82, 2.24) is 9.97 Å². The third-order valence-corrected chi connectivity index (χ3v) is 2.21. The predicted molar refractivity (Wildman–Crippen MR) is 59.8 cm³/mol. The first-order chi connectivity index (χ1) is 7.75. The summed E-state index contributed by atoms with van der Waals surface area (Å²) < 4.78 is 0. The lowest BCUT2D eigenvalue weighted by atomic mass is 10.1. The van der Waals surface area contributed by atoms with E-state index in [0.29, 0.717) is 5.69 Å². The SMILES string of the molecule is NC(=O)c1cc(Cc2cccnc2)ccn1. The van der Waals surface area contributed by atoms with E-state index in [2.05, 4.69) is 9.97 Å². The molecule has 0 saturated carbocycles. The standard InChI is InChI=1S/C12H11N3O/c13-12(16)11-7-9(3-5-15-11)6-10-2-1-4-14-8-10/h1-5,7-8H,6H2,(H2,13,16). The van der Waals surface area contributed by atoms with Gasteiger partial charge in [0.15, 0.2) is 0 Å². The highest BCUT2D eigenvalue weighted by atomic mass is 16.1. The molecule has 0 unspecified atom stereocenters. The molecule has 2 aromatic rings. The highest BCUT2D eigenvalue weighted by Gasteiger charge is 2.03. The number of hydrogen-bond donors (Lipinski definition) is 1. The molecule has 80 valence electrons. The van der Waals surface area contributed by atoms with Crippen molar-refractivity contribution < 1.29 is 4.79 Å². The topological polar surface area (TPSA) is 68.9 Å². The van der Waals surface area contributed by atoms with Crippen LogP contribution in [0.4, 0.5) is 0 Å². The second-order valence-corrected chi connectivity index (χ2v) is 3.45. The number of primary amides is 1. The molecule has 1 amide bonds. The number of hydrogen-bond acceptors (Lipinski definition) is 3. The molecule has 0 aliphatic heterocycles. The maximum absolute atomic E-state index is 11.0. The number of rotatable bonds is 3. The fourth-order valence-electron chi connectivity index (χ4n) is 1.46. The summed E-state index contributed by atoms with van der Waals surface area (Å²) in [6.07, 6.45) is 5.83. The third kappa shape index (κ3) is 2.42. The summed E-state index contributed by atoms with van der Waals surface area (Å²) in [5, 5.41) is 0. The van der Waals surface area contributed by atoms with Crippen LogP contribution in [-0.4, -0.2) is 15.9 Å². The van der Waals surface area contributed by atoms with Crippen molar-refractivity contribution in [3.63, 3.8) is 0 Å². The van der Waals surface area contributed by atoms with E-state index in [9.17, 15) is 4.79 Å². The van der Waals surface area contributed by atoms with E-state index in [0.717, 1.165) is 17.5 Å². The second-order valence-electron chi connectivity index (χ2n) is 3.45. The number of aromatic nitrogens is 2. The van der Waals surface area contributed by atoms with Crippen molar-refractivity contribution in [1.29, 1.82) is 0 Å². The molecule has 16 heavy (non-hydrogen) atoms. The lowest BCUT2D eigenvalue weighted by Crippen LogP contribution is -2.13. The molecule has 4 heteroatoms. The Bertz CT molecular complexity index is 497. The Morgan fingerprint density at radius 2 is 2.12 bits per heavy atom. The van der Waals surface area contributed by atoms with Crippen LogP contribution in [0.3, 0.4) is 0 Å². The van der Waals surface area contributed by atoms with Gasteiger partial charge in [-0.1, -0.05) is 6.07 Å². The lowest BCUT2D eigenvalue weighted by molar-refractivity contribution is 0.0995. The van der Waals surface area contributed by atoms with Gasteiger partial charge in [-0.25, -0.2) is 0 Å². The van der Waals surface area contributed by atoms with Crippen LogP contribution in [-0.2, 0) is 6.42 Å². The molecule has 0 aromatic carbocycles. The van der Waals surface area contributed by atoms with Crippen molar-refractivity contribution in [2.45, 2.75) is 6.42 Å². The van der Waals surface area contributed by atoms with Crippen LogP contribution in [0.1, 0.15) is 21.6 Å². The normalized spacial score (nSPS) is 10.0. The van der Waals surface area contributed by atoms with Gasteiger partial charge in [-0.3, -0.25) is 14.8 Å². The minimum atomic E-state index is -0.506. The van der Waals surface area contributed by atoms with Gasteiger partial charge in [-0.05, 0) is 35.7 Å². The Labute approximate surface area is 93.2 Å². The molecule has 2 aromatic heterocycles. The Hall–Kier alpha value is -2.23. The van der Waals surface area contributed by atoms with Crippen LogP contribution in [0.15, 0.2) is 42.9 Å². The second kappa shape index (κ2) is 4.53. The Balaban J connectivity index is 2.22. The summed E-state index contributed by atoms with van der Waals surface area (Å²) in [4.78, 5) is 18.9. The molecule has 0 fully saturated rings. The van der Waals surface area contributed by atoms with E-state index in [-0.39, 0.29) is 0 Å². The van der Waals surface area contributed by atoms with Crippen LogP contribution in [0.25, 0.3) is 0 Å². The first-order valence-corrected chi connectivity index (χ1v) is 4.89. The summed E-state index contributed by atoms with van der Waals surface area (Å²) in [5.74, 6) is -0.506. The molecule has 0 bridgehead atoms. The number of pyridine rings is 2. The van der Waals surface area contributed by atoms with Crippen molar-refractivity contribution in [2.75, 3.05) is 0 Å². The van der Waals surface area contributed by atoms with Crippen molar-refractivity contribution in [3.05, 3.63) is 59.7 Å². The third-order valence-electron chi connectivity index (χ3n) is 2.21. The van der Waals surface area contributed by atoms with Gasteiger partial charge in [0.2, 0.25) is 0 Å². The zero-order valence-electron chi connectivity index (χ0n) is 8.63. The van der Waals surface area contributed by atoms with E-state index < -0.39 is 5.91 Å². The monoisotopic (exact) mass is 213 g/mol. The van der Waals surface area contributed by atoms with Gasteiger partial charge in [-0.15, -0.1) is 0 Å². The molecule has 4 nitrogen and oxygen atoms in total. The molecule has 2 rings (SSSR count). The average Bonchev–Trinajstić information content (AvgIpc) is 2.30. The molecule has 0 spiro atoms. The molecule has 0 atom stereocenters. The lowest BCUT2D eigenvalue weighted by Gasteiger charge is -2.02. The predicted octanol–water partition coefficient (Wildman–Crippen LogP) is 1.17. The smallest absolute Gasteiger partial charge is 0.267 e. The summed E-state index contributed by atoms with van der Waals surface area (Å²) in [7, 11) is 0.